The molecule has 1 aromatic rings. The fourth-order valence-electron chi connectivity index (χ4n) is 1.20. The van der Waals surface area contributed by atoms with Crippen LogP contribution in [-0.4, -0.2) is 20.4 Å². The summed E-state index contributed by atoms with van der Waals surface area (Å²) in [5, 5.41) is 8.94. The molecule has 2 rings (SSSR count). The lowest BCUT2D eigenvalue weighted by Gasteiger charge is -2.20. The summed E-state index contributed by atoms with van der Waals surface area (Å²) in [6.45, 7) is 0. The van der Waals surface area contributed by atoms with Crippen LogP contribution in [0.25, 0.3) is 6.08 Å². The van der Waals surface area contributed by atoms with Crippen LogP contribution >= 0.6 is 27.3 Å². The summed E-state index contributed by atoms with van der Waals surface area (Å²) in [5.74, 6) is -0.873. The van der Waals surface area contributed by atoms with Gasteiger partial charge in [-0.2, -0.15) is 0 Å². The molecule has 68 valence electrons. The zero-order chi connectivity index (χ0) is 9.47. The fraction of sp³-hybridized carbons (Fsp3) is 0.250. The van der Waals surface area contributed by atoms with Crippen LogP contribution in [0.3, 0.4) is 0 Å². The number of alkyl halides is 1. The number of aromatic nitrogens is 1. The van der Waals surface area contributed by atoms with E-state index in [2.05, 4.69) is 20.9 Å². The number of fused-ring (bicyclic) bond motifs is 1. The number of carboxylic acids is 1. The van der Waals surface area contributed by atoms with Gasteiger partial charge in [0, 0.05) is 11.3 Å². The molecule has 0 bridgehead atoms. The average molecular weight is 260 g/mol. The largest absolute Gasteiger partial charge is 0.480 e. The molecule has 1 unspecified atom stereocenters. The summed E-state index contributed by atoms with van der Waals surface area (Å²) in [6.07, 6.45) is 3.88. The molecule has 13 heavy (non-hydrogen) atoms. The van der Waals surface area contributed by atoms with Crippen molar-refractivity contribution in [2.75, 3.05) is 0 Å². The van der Waals surface area contributed by atoms with E-state index in [0.717, 1.165) is 10.6 Å². The number of carbonyl (C=O) groups is 1. The van der Waals surface area contributed by atoms with E-state index >= 15 is 0 Å². The van der Waals surface area contributed by atoms with E-state index in [1.807, 2.05) is 0 Å². The first-order valence-electron chi connectivity index (χ1n) is 3.66. The first-order valence-corrected chi connectivity index (χ1v) is 5.33. The molecule has 1 aromatic heterocycles. The Hall–Kier alpha value is -0.680. The maximum absolute atomic E-state index is 10.9. The lowest BCUT2D eigenvalue weighted by molar-refractivity contribution is -0.138. The lowest BCUT2D eigenvalue weighted by Crippen LogP contribution is -2.33. The maximum atomic E-state index is 10.9. The lowest BCUT2D eigenvalue weighted by atomic mass is 9.97. The van der Waals surface area contributed by atoms with Gasteiger partial charge in [-0.05, 0) is 6.08 Å². The number of thiazole rings is 1. The number of aliphatic carboxylic acids is 1. The van der Waals surface area contributed by atoms with Crippen molar-refractivity contribution in [2.45, 2.75) is 10.7 Å². The fourth-order valence-corrected chi connectivity index (χ4v) is 2.30. The molecule has 1 aliphatic rings. The molecule has 5 heteroatoms. The summed E-state index contributed by atoms with van der Waals surface area (Å²) in [6, 6.07) is 0. The van der Waals surface area contributed by atoms with Crippen LogP contribution in [0.5, 0.6) is 0 Å². The van der Waals surface area contributed by atoms with E-state index in [9.17, 15) is 4.79 Å². The predicted octanol–water partition coefficient (Wildman–Crippen LogP) is 1.93. The molecule has 1 atom stereocenters. The summed E-state index contributed by atoms with van der Waals surface area (Å²) in [4.78, 5) is 16.0. The van der Waals surface area contributed by atoms with Crippen LogP contribution in [0.1, 0.15) is 10.6 Å². The first-order chi connectivity index (χ1) is 6.12. The quantitative estimate of drug-likeness (QED) is 0.785. The number of carboxylic acid groups (broad SMARTS) is 1. The van der Waals surface area contributed by atoms with Crippen molar-refractivity contribution in [1.29, 1.82) is 0 Å². The predicted molar refractivity (Wildman–Crippen MR) is 54.1 cm³/mol. The van der Waals surface area contributed by atoms with E-state index in [0.29, 0.717) is 6.42 Å². The zero-order valence-electron chi connectivity index (χ0n) is 6.53. The summed E-state index contributed by atoms with van der Waals surface area (Å²) in [7, 11) is 0. The first kappa shape index (κ1) is 8.90. The third-order valence-electron chi connectivity index (χ3n) is 1.95. The van der Waals surface area contributed by atoms with E-state index < -0.39 is 10.3 Å². The number of nitrogens with zero attached hydrogens (tertiary/aromatic N) is 1. The van der Waals surface area contributed by atoms with Gasteiger partial charge < -0.3 is 5.11 Å². The van der Waals surface area contributed by atoms with Crippen molar-refractivity contribution < 1.29 is 9.90 Å². The normalized spacial score (nSPS) is 25.6. The van der Waals surface area contributed by atoms with Gasteiger partial charge >= 0.3 is 5.97 Å². The molecule has 0 aromatic carbocycles. The van der Waals surface area contributed by atoms with E-state index in [1.54, 1.807) is 17.7 Å². The Morgan fingerprint density at radius 2 is 2.54 bits per heavy atom. The Balaban J connectivity index is 2.40. The second-order valence-corrected chi connectivity index (χ2v) is 5.14. The Morgan fingerprint density at radius 1 is 1.77 bits per heavy atom. The van der Waals surface area contributed by atoms with Gasteiger partial charge in [0.1, 0.15) is 4.32 Å². The third kappa shape index (κ3) is 1.42. The van der Waals surface area contributed by atoms with Crippen LogP contribution in [0, 0.1) is 0 Å². The highest BCUT2D eigenvalue weighted by Crippen LogP contribution is 2.33. The van der Waals surface area contributed by atoms with Crippen LogP contribution in [0.15, 0.2) is 11.6 Å². The van der Waals surface area contributed by atoms with Crippen molar-refractivity contribution in [2.24, 2.45) is 0 Å². The molecule has 1 N–H and O–H groups in total. The Kier molecular flexibility index (Phi) is 2.00. The number of halogens is 1. The molecule has 0 saturated carbocycles. The van der Waals surface area contributed by atoms with Crippen LogP contribution in [0.2, 0.25) is 0 Å². The molecule has 0 amide bonds. The van der Waals surface area contributed by atoms with Gasteiger partial charge in [0.2, 0.25) is 0 Å². The van der Waals surface area contributed by atoms with Crippen molar-refractivity contribution in [1.82, 2.24) is 4.98 Å². The van der Waals surface area contributed by atoms with E-state index in [-0.39, 0.29) is 0 Å². The zero-order valence-corrected chi connectivity index (χ0v) is 8.93. The van der Waals surface area contributed by atoms with Gasteiger partial charge in [-0.15, -0.1) is 11.3 Å². The van der Waals surface area contributed by atoms with E-state index in [1.165, 1.54) is 11.3 Å². The van der Waals surface area contributed by atoms with Crippen LogP contribution in [0.4, 0.5) is 0 Å². The highest BCUT2D eigenvalue weighted by Gasteiger charge is 2.36. The van der Waals surface area contributed by atoms with Gasteiger partial charge in [0.05, 0.1) is 11.2 Å². The summed E-state index contributed by atoms with van der Waals surface area (Å²) < 4.78 is -0.964. The topological polar surface area (TPSA) is 50.2 Å². The van der Waals surface area contributed by atoms with Crippen molar-refractivity contribution in [3.63, 3.8) is 0 Å². The van der Waals surface area contributed by atoms with Crippen LogP contribution in [-0.2, 0) is 11.2 Å². The Labute approximate surface area is 87.2 Å². The molecule has 0 fully saturated rings. The molecular formula is C8H6BrNO2S. The maximum Gasteiger partial charge on any atom is 0.324 e. The van der Waals surface area contributed by atoms with E-state index in [4.69, 9.17) is 5.11 Å². The molecule has 0 saturated heterocycles. The molecule has 1 heterocycles. The van der Waals surface area contributed by atoms with Crippen LogP contribution < -0.4 is 0 Å². The minimum absolute atomic E-state index is 0.414. The molecule has 1 aliphatic carbocycles. The second kappa shape index (κ2) is 2.92. The number of hydrogen-bond donors (Lipinski definition) is 1. The van der Waals surface area contributed by atoms with Gasteiger partial charge in [0.15, 0.2) is 0 Å². The molecule has 3 nitrogen and oxygen atoms in total. The highest BCUT2D eigenvalue weighted by molar-refractivity contribution is 9.10. The molecule has 0 radical (unpaired) electrons. The van der Waals surface area contributed by atoms with Gasteiger partial charge in [-0.25, -0.2) is 4.98 Å². The average Bonchev–Trinajstić information content (AvgIpc) is 2.50. The standard InChI is InChI=1S/C8H6BrNO2S/c9-8(7(11)12)2-1-6-5(3-8)10-4-13-6/h1-2,4H,3H2,(H,11,12). The smallest absolute Gasteiger partial charge is 0.324 e. The number of rotatable bonds is 1. The second-order valence-electron chi connectivity index (χ2n) is 2.84. The molecule has 0 spiro atoms. The van der Waals surface area contributed by atoms with Crippen molar-refractivity contribution in [3.05, 3.63) is 22.2 Å². The SMILES string of the molecule is O=C(O)C1(Br)C=Cc2scnc2C1. The van der Waals surface area contributed by atoms with Crippen molar-refractivity contribution >= 4 is 39.3 Å². The molecular weight excluding hydrogens is 254 g/mol. The Bertz CT molecular complexity index is 387. The van der Waals surface area contributed by atoms with Gasteiger partial charge in [-0.3, -0.25) is 4.79 Å². The highest BCUT2D eigenvalue weighted by atomic mass is 79.9. The van der Waals surface area contributed by atoms with Gasteiger partial charge in [-0.1, -0.05) is 22.0 Å². The minimum atomic E-state index is -0.964. The number of hydrogen-bond acceptors (Lipinski definition) is 3. The monoisotopic (exact) mass is 259 g/mol. The summed E-state index contributed by atoms with van der Waals surface area (Å²) in [5.41, 5.74) is 2.59. The van der Waals surface area contributed by atoms with Crippen molar-refractivity contribution in [3.8, 4) is 0 Å². The van der Waals surface area contributed by atoms with Gasteiger partial charge in [0.25, 0.3) is 0 Å². The minimum Gasteiger partial charge on any atom is -0.480 e. The Morgan fingerprint density at radius 3 is 3.23 bits per heavy atom. The molecule has 0 aliphatic heterocycles. The summed E-state index contributed by atoms with van der Waals surface area (Å²) >= 11 is 4.72. The third-order valence-corrected chi connectivity index (χ3v) is 3.67.